The Morgan fingerprint density at radius 1 is 1.42 bits per heavy atom. The van der Waals surface area contributed by atoms with Crippen molar-refractivity contribution in [2.75, 3.05) is 0 Å². The number of aliphatic hydroxyl groups is 1. The number of aromatic nitrogens is 2. The van der Waals surface area contributed by atoms with Crippen molar-refractivity contribution in [1.29, 1.82) is 0 Å². The summed E-state index contributed by atoms with van der Waals surface area (Å²) >= 11 is 0. The number of pyridine rings is 1. The minimum atomic E-state index is -0.621. The molecule has 1 aromatic carbocycles. The first-order valence-corrected chi connectivity index (χ1v) is 7.98. The number of hydrogen-bond donors (Lipinski definition) is 2. The zero-order valence-corrected chi connectivity index (χ0v) is 13.2. The first-order chi connectivity index (χ1) is 11.7. The van der Waals surface area contributed by atoms with Gasteiger partial charge in [-0.2, -0.15) is 0 Å². The van der Waals surface area contributed by atoms with Gasteiger partial charge in [0.05, 0.1) is 28.8 Å². The molecule has 0 spiro atoms. The van der Waals surface area contributed by atoms with Gasteiger partial charge in [-0.25, -0.2) is 4.98 Å². The van der Waals surface area contributed by atoms with Gasteiger partial charge in [0.15, 0.2) is 0 Å². The molecule has 2 N–H and O–H groups in total. The average Bonchev–Trinajstić information content (AvgIpc) is 3.15. The molecule has 0 aliphatic heterocycles. The van der Waals surface area contributed by atoms with Crippen LogP contribution in [-0.2, 0) is 12.8 Å². The van der Waals surface area contributed by atoms with Crippen molar-refractivity contribution >= 4 is 17.0 Å². The monoisotopic (exact) mass is 323 g/mol. The lowest BCUT2D eigenvalue weighted by molar-refractivity contribution is 0.0858. The SMILES string of the molecule is CCc1noc2ncc(C(=O)N[C@@H]3c4ccccc4C[C@@H]3O)cc12. The van der Waals surface area contributed by atoms with E-state index in [-0.39, 0.29) is 5.91 Å². The van der Waals surface area contributed by atoms with Gasteiger partial charge in [-0.15, -0.1) is 0 Å². The maximum Gasteiger partial charge on any atom is 0.257 e. The van der Waals surface area contributed by atoms with E-state index in [0.717, 1.165) is 22.2 Å². The molecule has 2 aromatic heterocycles. The summed E-state index contributed by atoms with van der Waals surface area (Å²) in [6.07, 6.45) is 2.10. The van der Waals surface area contributed by atoms with Crippen LogP contribution in [0.2, 0.25) is 0 Å². The second-order valence-corrected chi connectivity index (χ2v) is 5.98. The van der Waals surface area contributed by atoms with Gasteiger partial charge in [-0.3, -0.25) is 4.79 Å². The lowest BCUT2D eigenvalue weighted by atomic mass is 10.1. The second-order valence-electron chi connectivity index (χ2n) is 5.98. The fraction of sp³-hybridized carbons (Fsp3) is 0.278. The molecule has 6 heteroatoms. The van der Waals surface area contributed by atoms with E-state index < -0.39 is 12.1 Å². The molecule has 0 saturated heterocycles. The number of fused-ring (bicyclic) bond motifs is 2. The quantitative estimate of drug-likeness (QED) is 0.771. The van der Waals surface area contributed by atoms with E-state index in [1.165, 1.54) is 6.20 Å². The van der Waals surface area contributed by atoms with E-state index >= 15 is 0 Å². The Balaban J connectivity index is 1.63. The van der Waals surface area contributed by atoms with E-state index in [1.54, 1.807) is 6.07 Å². The molecule has 0 radical (unpaired) electrons. The summed E-state index contributed by atoms with van der Waals surface area (Å²) in [4.78, 5) is 16.8. The van der Waals surface area contributed by atoms with Gasteiger partial charge in [-0.05, 0) is 23.6 Å². The van der Waals surface area contributed by atoms with Gasteiger partial charge in [-0.1, -0.05) is 36.3 Å². The number of aryl methyl sites for hydroxylation is 1. The van der Waals surface area contributed by atoms with Crippen molar-refractivity contribution in [3.05, 3.63) is 58.9 Å². The number of amides is 1. The number of nitrogens with one attached hydrogen (secondary N) is 1. The van der Waals surface area contributed by atoms with Gasteiger partial charge in [0.1, 0.15) is 0 Å². The third-order valence-corrected chi connectivity index (χ3v) is 4.49. The fourth-order valence-corrected chi connectivity index (χ4v) is 3.23. The van der Waals surface area contributed by atoms with Crippen LogP contribution in [0.3, 0.4) is 0 Å². The molecule has 0 unspecified atom stereocenters. The number of rotatable bonds is 3. The Kier molecular flexibility index (Phi) is 3.54. The summed E-state index contributed by atoms with van der Waals surface area (Å²) < 4.78 is 5.14. The number of aliphatic hydroxyl groups excluding tert-OH is 1. The Bertz CT molecular complexity index is 919. The molecule has 0 saturated carbocycles. The van der Waals surface area contributed by atoms with Gasteiger partial charge in [0.2, 0.25) is 0 Å². The molecule has 1 amide bonds. The molecule has 3 aromatic rings. The number of carbonyl (C=O) groups is 1. The van der Waals surface area contributed by atoms with Crippen LogP contribution < -0.4 is 5.32 Å². The van der Waals surface area contributed by atoms with Crippen molar-refractivity contribution in [1.82, 2.24) is 15.5 Å². The zero-order chi connectivity index (χ0) is 16.7. The molecular formula is C18H17N3O3. The standard InChI is InChI=1S/C18H17N3O3/c1-2-14-13-7-11(9-19-18(13)24-21-14)17(23)20-16-12-6-4-3-5-10(12)8-15(16)22/h3-7,9,15-16,22H,2,8H2,1H3,(H,20,23)/t15-,16+/m0/s1. The smallest absolute Gasteiger partial charge is 0.257 e. The average molecular weight is 323 g/mol. The van der Waals surface area contributed by atoms with Gasteiger partial charge >= 0.3 is 0 Å². The van der Waals surface area contributed by atoms with Crippen molar-refractivity contribution in [2.24, 2.45) is 0 Å². The number of carbonyl (C=O) groups excluding carboxylic acids is 1. The van der Waals surface area contributed by atoms with Crippen LogP contribution in [0, 0.1) is 0 Å². The van der Waals surface area contributed by atoms with E-state index in [2.05, 4.69) is 15.5 Å². The van der Waals surface area contributed by atoms with Gasteiger partial charge < -0.3 is 14.9 Å². The van der Waals surface area contributed by atoms with E-state index in [1.807, 2.05) is 31.2 Å². The minimum Gasteiger partial charge on any atom is -0.390 e. The maximum absolute atomic E-state index is 12.6. The van der Waals surface area contributed by atoms with Crippen molar-refractivity contribution in [3.8, 4) is 0 Å². The first kappa shape index (κ1) is 14.8. The largest absolute Gasteiger partial charge is 0.390 e. The van der Waals surface area contributed by atoms with Crippen LogP contribution in [-0.4, -0.2) is 27.3 Å². The molecule has 122 valence electrons. The van der Waals surface area contributed by atoms with Gasteiger partial charge in [0.25, 0.3) is 11.6 Å². The molecule has 4 rings (SSSR count). The van der Waals surface area contributed by atoms with Crippen LogP contribution in [0.25, 0.3) is 11.1 Å². The lowest BCUT2D eigenvalue weighted by Crippen LogP contribution is -2.33. The second kappa shape index (κ2) is 5.72. The Labute approximate surface area is 138 Å². The predicted molar refractivity (Wildman–Crippen MR) is 87.5 cm³/mol. The highest BCUT2D eigenvalue weighted by Crippen LogP contribution is 2.31. The molecule has 2 atom stereocenters. The normalized spacial score (nSPS) is 19.4. The third-order valence-electron chi connectivity index (χ3n) is 4.49. The Hall–Kier alpha value is -2.73. The third kappa shape index (κ3) is 2.35. The summed E-state index contributed by atoms with van der Waals surface area (Å²) in [6.45, 7) is 1.97. The van der Waals surface area contributed by atoms with Gasteiger partial charge in [0, 0.05) is 12.6 Å². The predicted octanol–water partition coefficient (Wildman–Crippen LogP) is 2.17. The van der Waals surface area contributed by atoms with Crippen LogP contribution in [0.15, 0.2) is 41.1 Å². The molecule has 24 heavy (non-hydrogen) atoms. The van der Waals surface area contributed by atoms with Crippen molar-refractivity contribution < 1.29 is 14.4 Å². The maximum atomic E-state index is 12.6. The molecular weight excluding hydrogens is 306 g/mol. The zero-order valence-electron chi connectivity index (χ0n) is 13.2. The number of nitrogens with zero attached hydrogens (tertiary/aromatic N) is 2. The summed E-state index contributed by atoms with van der Waals surface area (Å²) in [6, 6.07) is 9.09. The number of hydrogen-bond acceptors (Lipinski definition) is 5. The highest BCUT2D eigenvalue weighted by molar-refractivity contribution is 5.97. The molecule has 6 nitrogen and oxygen atoms in total. The minimum absolute atomic E-state index is 0.270. The van der Waals surface area contributed by atoms with Crippen LogP contribution in [0.5, 0.6) is 0 Å². The Morgan fingerprint density at radius 3 is 3.08 bits per heavy atom. The van der Waals surface area contributed by atoms with Crippen molar-refractivity contribution in [3.63, 3.8) is 0 Å². The summed E-state index contributed by atoms with van der Waals surface area (Å²) in [5, 5.41) is 17.9. The highest BCUT2D eigenvalue weighted by Gasteiger charge is 2.32. The lowest BCUT2D eigenvalue weighted by Gasteiger charge is -2.17. The van der Waals surface area contributed by atoms with Crippen LogP contribution in [0.1, 0.15) is 40.1 Å². The van der Waals surface area contributed by atoms with Crippen LogP contribution in [0.4, 0.5) is 0 Å². The van der Waals surface area contributed by atoms with E-state index in [9.17, 15) is 9.90 Å². The van der Waals surface area contributed by atoms with Crippen LogP contribution >= 0.6 is 0 Å². The van der Waals surface area contributed by atoms with Crippen molar-refractivity contribution in [2.45, 2.75) is 31.9 Å². The molecule has 1 aliphatic carbocycles. The molecule has 0 fully saturated rings. The number of benzene rings is 1. The fourth-order valence-electron chi connectivity index (χ4n) is 3.23. The summed E-state index contributed by atoms with van der Waals surface area (Å²) in [5.41, 5.74) is 3.66. The molecule has 2 heterocycles. The molecule has 1 aliphatic rings. The first-order valence-electron chi connectivity index (χ1n) is 7.98. The molecule has 0 bridgehead atoms. The van der Waals surface area contributed by atoms with E-state index in [0.29, 0.717) is 24.1 Å². The summed E-state index contributed by atoms with van der Waals surface area (Å²) in [5.74, 6) is -0.270. The van der Waals surface area contributed by atoms with E-state index in [4.69, 9.17) is 4.52 Å². The Morgan fingerprint density at radius 2 is 2.25 bits per heavy atom. The highest BCUT2D eigenvalue weighted by atomic mass is 16.5. The summed E-state index contributed by atoms with van der Waals surface area (Å²) in [7, 11) is 0. The topological polar surface area (TPSA) is 88.2 Å².